The Hall–Kier alpha value is -2.64. The van der Waals surface area contributed by atoms with Crippen LogP contribution in [-0.4, -0.2) is 24.8 Å². The van der Waals surface area contributed by atoms with Crippen molar-refractivity contribution >= 4 is 29.3 Å². The van der Waals surface area contributed by atoms with Crippen molar-refractivity contribution in [3.63, 3.8) is 0 Å². The molecular formula is C21H20N3P. The van der Waals surface area contributed by atoms with Gasteiger partial charge in [0.2, 0.25) is 0 Å². The second-order valence-electron chi connectivity index (χ2n) is 6.21. The topological polar surface area (TPSA) is 28.0 Å². The van der Waals surface area contributed by atoms with E-state index in [0.29, 0.717) is 0 Å². The van der Waals surface area contributed by atoms with E-state index in [4.69, 9.17) is 9.51 Å². The van der Waals surface area contributed by atoms with E-state index in [0.717, 1.165) is 17.1 Å². The molecule has 0 radical (unpaired) electrons. The molecule has 4 rings (SSSR count). The van der Waals surface area contributed by atoms with E-state index in [-0.39, 0.29) is 0 Å². The second kappa shape index (κ2) is 6.34. The van der Waals surface area contributed by atoms with Crippen LogP contribution in [0.4, 0.5) is 5.69 Å². The number of fused-ring (bicyclic) bond motifs is 1. The van der Waals surface area contributed by atoms with Crippen molar-refractivity contribution in [3.8, 4) is 0 Å². The molecule has 0 fully saturated rings. The molecule has 0 bridgehead atoms. The summed E-state index contributed by atoms with van der Waals surface area (Å²) in [7, 11) is 1.83. The average molecular weight is 345 g/mol. The van der Waals surface area contributed by atoms with Gasteiger partial charge < -0.3 is 4.90 Å². The van der Waals surface area contributed by atoms with Crippen molar-refractivity contribution in [2.45, 2.75) is 0 Å². The number of hydrogen-bond acceptors (Lipinski definition) is 3. The predicted octanol–water partition coefficient (Wildman–Crippen LogP) is 4.41. The standard InChI is InChI=1S/C21H20N3P/c1-24(2)21-19-15-9-10-16-20(19)22-25(23-21,17-11-5-3-6-12-17)18-13-7-4-8-14-18/h3-16H,1-2H3. The van der Waals surface area contributed by atoms with Crippen LogP contribution in [0.15, 0.2) is 94.4 Å². The molecule has 1 aliphatic heterocycles. The highest BCUT2D eigenvalue weighted by molar-refractivity contribution is 7.80. The van der Waals surface area contributed by atoms with Crippen LogP contribution in [0.25, 0.3) is 0 Å². The molecule has 3 aromatic rings. The fourth-order valence-electron chi connectivity index (χ4n) is 3.10. The van der Waals surface area contributed by atoms with Crippen LogP contribution in [-0.2, 0) is 0 Å². The van der Waals surface area contributed by atoms with Crippen LogP contribution in [0.3, 0.4) is 0 Å². The van der Waals surface area contributed by atoms with Gasteiger partial charge in [-0.1, -0.05) is 72.8 Å². The molecule has 124 valence electrons. The van der Waals surface area contributed by atoms with Crippen LogP contribution < -0.4 is 10.6 Å². The molecule has 0 atom stereocenters. The van der Waals surface area contributed by atoms with Crippen LogP contribution in [0, 0.1) is 0 Å². The SMILES string of the molecule is CN(C)C1=NP(c2ccccc2)(c2ccccc2)=Nc2ccccc21. The molecule has 0 saturated carbocycles. The van der Waals surface area contributed by atoms with Gasteiger partial charge in [0.25, 0.3) is 0 Å². The van der Waals surface area contributed by atoms with Crippen molar-refractivity contribution in [1.82, 2.24) is 4.90 Å². The molecule has 0 aliphatic carbocycles. The Labute approximate surface area is 148 Å². The van der Waals surface area contributed by atoms with Gasteiger partial charge in [0, 0.05) is 30.3 Å². The number of benzene rings is 3. The van der Waals surface area contributed by atoms with Crippen molar-refractivity contribution < 1.29 is 0 Å². The third-order valence-electron chi connectivity index (χ3n) is 4.29. The Balaban J connectivity index is 2.11. The van der Waals surface area contributed by atoms with E-state index >= 15 is 0 Å². The lowest BCUT2D eigenvalue weighted by Crippen LogP contribution is -2.27. The van der Waals surface area contributed by atoms with Crippen LogP contribution in [0.5, 0.6) is 0 Å². The maximum atomic E-state index is 5.28. The van der Waals surface area contributed by atoms with Gasteiger partial charge in [-0.3, -0.25) is 0 Å². The lowest BCUT2D eigenvalue weighted by atomic mass is 10.1. The summed E-state index contributed by atoms with van der Waals surface area (Å²) in [5, 5.41) is 2.35. The minimum atomic E-state index is -2.27. The van der Waals surface area contributed by atoms with Crippen molar-refractivity contribution in [2.24, 2.45) is 9.51 Å². The predicted molar refractivity (Wildman–Crippen MR) is 108 cm³/mol. The third kappa shape index (κ3) is 2.71. The van der Waals surface area contributed by atoms with Crippen molar-refractivity contribution in [2.75, 3.05) is 14.1 Å². The van der Waals surface area contributed by atoms with Crippen LogP contribution in [0.2, 0.25) is 0 Å². The summed E-state index contributed by atoms with van der Waals surface area (Å²) in [5.74, 6) is 0.992. The van der Waals surface area contributed by atoms with E-state index in [2.05, 4.69) is 65.6 Å². The molecule has 1 aliphatic rings. The Bertz CT molecular complexity index is 933. The van der Waals surface area contributed by atoms with Gasteiger partial charge >= 0.3 is 0 Å². The van der Waals surface area contributed by atoms with Gasteiger partial charge in [-0.05, 0) is 12.1 Å². The lowest BCUT2D eigenvalue weighted by molar-refractivity contribution is 0.625. The van der Waals surface area contributed by atoms with Gasteiger partial charge in [-0.25, -0.2) is 9.51 Å². The highest BCUT2D eigenvalue weighted by Gasteiger charge is 2.30. The second-order valence-corrected chi connectivity index (χ2v) is 8.84. The molecule has 0 saturated heterocycles. The number of amidine groups is 1. The number of nitrogens with zero attached hydrogens (tertiary/aromatic N) is 3. The summed E-state index contributed by atoms with van der Waals surface area (Å²) in [6.07, 6.45) is 0. The first-order valence-electron chi connectivity index (χ1n) is 8.31. The fourth-order valence-corrected chi connectivity index (χ4v) is 6.13. The molecule has 0 spiro atoms. The van der Waals surface area contributed by atoms with Gasteiger partial charge in [0.15, 0.2) is 0 Å². The zero-order valence-corrected chi connectivity index (χ0v) is 15.3. The minimum Gasteiger partial charge on any atom is -0.362 e. The molecule has 4 heteroatoms. The molecule has 3 aromatic carbocycles. The maximum absolute atomic E-state index is 5.28. The zero-order valence-electron chi connectivity index (χ0n) is 14.4. The summed E-state index contributed by atoms with van der Waals surface area (Å²) in [6, 6.07) is 29.2. The Morgan fingerprint density at radius 3 is 1.76 bits per heavy atom. The third-order valence-corrected chi connectivity index (χ3v) is 7.31. The molecule has 0 N–H and O–H groups in total. The first-order chi connectivity index (χ1) is 12.2. The summed E-state index contributed by atoms with van der Waals surface area (Å²) in [6.45, 7) is 0. The van der Waals surface area contributed by atoms with Crippen LogP contribution in [0.1, 0.15) is 5.56 Å². The fraction of sp³-hybridized carbons (Fsp3) is 0.0952. The highest BCUT2D eigenvalue weighted by atomic mass is 31.2. The Morgan fingerprint density at radius 1 is 0.680 bits per heavy atom. The quantitative estimate of drug-likeness (QED) is 0.633. The first-order valence-corrected chi connectivity index (χ1v) is 10.0. The minimum absolute atomic E-state index is 0.992. The maximum Gasteiger partial charge on any atom is 0.138 e. The van der Waals surface area contributed by atoms with Gasteiger partial charge in [0.1, 0.15) is 13.0 Å². The lowest BCUT2D eigenvalue weighted by Gasteiger charge is -2.30. The smallest absolute Gasteiger partial charge is 0.138 e. The molecule has 0 unspecified atom stereocenters. The van der Waals surface area contributed by atoms with Gasteiger partial charge in [-0.15, -0.1) is 0 Å². The number of rotatable bonds is 2. The molecule has 1 heterocycles. The van der Waals surface area contributed by atoms with Crippen LogP contribution >= 0.6 is 7.21 Å². The Morgan fingerprint density at radius 2 is 1.20 bits per heavy atom. The van der Waals surface area contributed by atoms with E-state index in [9.17, 15) is 0 Å². The summed E-state index contributed by atoms with van der Waals surface area (Å²) < 4.78 is 10.5. The monoisotopic (exact) mass is 345 g/mol. The molecular weight excluding hydrogens is 325 g/mol. The van der Waals surface area contributed by atoms with E-state index < -0.39 is 7.21 Å². The largest absolute Gasteiger partial charge is 0.362 e. The average Bonchev–Trinajstić information content (AvgIpc) is 2.68. The van der Waals surface area contributed by atoms with E-state index in [1.165, 1.54) is 10.6 Å². The van der Waals surface area contributed by atoms with E-state index in [1.54, 1.807) is 0 Å². The van der Waals surface area contributed by atoms with Crippen molar-refractivity contribution in [1.29, 1.82) is 0 Å². The Kier molecular flexibility index (Phi) is 4.03. The van der Waals surface area contributed by atoms with Gasteiger partial charge in [0.05, 0.1) is 5.69 Å². The zero-order chi connectivity index (χ0) is 17.3. The van der Waals surface area contributed by atoms with E-state index in [1.807, 2.05) is 38.4 Å². The molecule has 0 amide bonds. The summed E-state index contributed by atoms with van der Waals surface area (Å²) in [5.41, 5.74) is 2.11. The number of hydrogen-bond donors (Lipinski definition) is 0. The highest BCUT2D eigenvalue weighted by Crippen LogP contribution is 2.55. The molecule has 25 heavy (non-hydrogen) atoms. The van der Waals surface area contributed by atoms with Gasteiger partial charge in [-0.2, -0.15) is 0 Å². The molecule has 0 aromatic heterocycles. The summed E-state index contributed by atoms with van der Waals surface area (Å²) in [4.78, 5) is 2.09. The normalized spacial score (nSPS) is 14.9. The first kappa shape index (κ1) is 15.9. The molecule has 3 nitrogen and oxygen atoms in total. The van der Waals surface area contributed by atoms with Crippen molar-refractivity contribution in [3.05, 3.63) is 90.5 Å². The summed E-state index contributed by atoms with van der Waals surface area (Å²) >= 11 is 0.